The number of carbonyl (C=O) groups excluding carboxylic acids is 1. The van der Waals surface area contributed by atoms with E-state index in [0.717, 1.165) is 6.42 Å². The van der Waals surface area contributed by atoms with Crippen molar-refractivity contribution < 1.29 is 4.79 Å². The lowest BCUT2D eigenvalue weighted by atomic mass is 9.86. The van der Waals surface area contributed by atoms with Crippen molar-refractivity contribution in [3.8, 4) is 0 Å². The van der Waals surface area contributed by atoms with Gasteiger partial charge in [-0.05, 0) is 19.3 Å². The Morgan fingerprint density at radius 1 is 1.23 bits per heavy atom. The van der Waals surface area contributed by atoms with Crippen LogP contribution in [-0.2, 0) is 4.79 Å². The molecule has 1 spiro atoms. The van der Waals surface area contributed by atoms with E-state index < -0.39 is 0 Å². The van der Waals surface area contributed by atoms with E-state index in [1.165, 1.54) is 38.5 Å². The van der Waals surface area contributed by atoms with E-state index in [2.05, 4.69) is 12.2 Å². The molecule has 13 heavy (non-hydrogen) atoms. The molecule has 1 heterocycles. The molecule has 2 rings (SSSR count). The number of rotatable bonds is 0. The average molecular weight is 181 g/mol. The normalized spacial score (nSPS) is 33.0. The predicted octanol–water partition coefficient (Wildman–Crippen LogP) is 2.24. The first-order valence-electron chi connectivity index (χ1n) is 5.54. The molecule has 0 bridgehead atoms. The van der Waals surface area contributed by atoms with Crippen LogP contribution in [0.3, 0.4) is 0 Å². The van der Waals surface area contributed by atoms with Crippen LogP contribution in [0.5, 0.6) is 0 Å². The maximum atomic E-state index is 11.4. The predicted molar refractivity (Wildman–Crippen MR) is 52.4 cm³/mol. The molecule has 0 aromatic carbocycles. The maximum absolute atomic E-state index is 11.4. The SMILES string of the molecule is CC1CC2(CCCCCC2)NC1=O. The summed E-state index contributed by atoms with van der Waals surface area (Å²) < 4.78 is 0. The van der Waals surface area contributed by atoms with Crippen molar-refractivity contribution in [3.05, 3.63) is 0 Å². The highest BCUT2D eigenvalue weighted by Crippen LogP contribution is 2.36. The zero-order chi connectivity index (χ0) is 9.31. The van der Waals surface area contributed by atoms with E-state index in [1.807, 2.05) is 0 Å². The Bertz CT molecular complexity index is 204. The molecule has 2 fully saturated rings. The summed E-state index contributed by atoms with van der Waals surface area (Å²) in [5, 5.41) is 3.22. The van der Waals surface area contributed by atoms with Crippen LogP contribution in [0.1, 0.15) is 51.9 Å². The summed E-state index contributed by atoms with van der Waals surface area (Å²) in [5.74, 6) is 0.528. The van der Waals surface area contributed by atoms with Crippen molar-refractivity contribution in [2.45, 2.75) is 57.4 Å². The molecule has 1 unspecified atom stereocenters. The summed E-state index contributed by atoms with van der Waals surface area (Å²) in [5.41, 5.74) is 0.201. The Labute approximate surface area is 80.1 Å². The van der Waals surface area contributed by atoms with Crippen molar-refractivity contribution in [2.24, 2.45) is 5.92 Å². The number of hydrogen-bond acceptors (Lipinski definition) is 1. The van der Waals surface area contributed by atoms with Crippen molar-refractivity contribution in [3.63, 3.8) is 0 Å². The van der Waals surface area contributed by atoms with E-state index in [-0.39, 0.29) is 17.4 Å². The largest absolute Gasteiger partial charge is 0.350 e. The summed E-state index contributed by atoms with van der Waals surface area (Å²) in [7, 11) is 0. The van der Waals surface area contributed by atoms with Crippen LogP contribution in [0.25, 0.3) is 0 Å². The first kappa shape index (κ1) is 9.04. The van der Waals surface area contributed by atoms with Crippen LogP contribution in [0.4, 0.5) is 0 Å². The second-order valence-electron chi connectivity index (χ2n) is 4.79. The summed E-state index contributed by atoms with van der Waals surface area (Å²) >= 11 is 0. The molecular formula is C11H19NO. The molecule has 1 amide bonds. The Morgan fingerprint density at radius 3 is 2.31 bits per heavy atom. The Morgan fingerprint density at radius 2 is 1.85 bits per heavy atom. The maximum Gasteiger partial charge on any atom is 0.223 e. The van der Waals surface area contributed by atoms with Gasteiger partial charge in [0.1, 0.15) is 0 Å². The third-order valence-electron chi connectivity index (χ3n) is 3.59. The molecule has 1 saturated heterocycles. The van der Waals surface area contributed by atoms with Gasteiger partial charge in [0, 0.05) is 11.5 Å². The second-order valence-corrected chi connectivity index (χ2v) is 4.79. The molecule has 0 aromatic heterocycles. The Kier molecular flexibility index (Phi) is 2.31. The molecular weight excluding hydrogens is 162 g/mol. The van der Waals surface area contributed by atoms with Gasteiger partial charge in [0.15, 0.2) is 0 Å². The van der Waals surface area contributed by atoms with Crippen molar-refractivity contribution >= 4 is 5.91 Å². The second kappa shape index (κ2) is 3.32. The topological polar surface area (TPSA) is 29.1 Å². The number of amides is 1. The highest BCUT2D eigenvalue weighted by Gasteiger charge is 2.41. The third-order valence-corrected chi connectivity index (χ3v) is 3.59. The highest BCUT2D eigenvalue weighted by atomic mass is 16.2. The van der Waals surface area contributed by atoms with Gasteiger partial charge in [-0.25, -0.2) is 0 Å². The Hall–Kier alpha value is -0.530. The fraction of sp³-hybridized carbons (Fsp3) is 0.909. The van der Waals surface area contributed by atoms with Gasteiger partial charge in [-0.15, -0.1) is 0 Å². The van der Waals surface area contributed by atoms with Gasteiger partial charge in [0.25, 0.3) is 0 Å². The highest BCUT2D eigenvalue weighted by molar-refractivity contribution is 5.81. The molecule has 1 atom stereocenters. The Balaban J connectivity index is 2.07. The van der Waals surface area contributed by atoms with E-state index in [0.29, 0.717) is 0 Å². The summed E-state index contributed by atoms with van der Waals surface area (Å²) in [6.07, 6.45) is 8.80. The van der Waals surface area contributed by atoms with Gasteiger partial charge in [-0.2, -0.15) is 0 Å². The fourth-order valence-electron chi connectivity index (χ4n) is 2.85. The average Bonchev–Trinajstić information content (AvgIpc) is 2.29. The summed E-state index contributed by atoms with van der Waals surface area (Å²) in [4.78, 5) is 11.4. The summed E-state index contributed by atoms with van der Waals surface area (Å²) in [6, 6.07) is 0. The molecule has 2 nitrogen and oxygen atoms in total. The fourth-order valence-corrected chi connectivity index (χ4v) is 2.85. The molecule has 1 aliphatic carbocycles. The van der Waals surface area contributed by atoms with Crippen molar-refractivity contribution in [2.75, 3.05) is 0 Å². The van der Waals surface area contributed by atoms with Gasteiger partial charge in [0.05, 0.1) is 0 Å². The van der Waals surface area contributed by atoms with Crippen LogP contribution in [0, 0.1) is 5.92 Å². The minimum Gasteiger partial charge on any atom is -0.350 e. The van der Waals surface area contributed by atoms with Gasteiger partial charge in [-0.1, -0.05) is 32.6 Å². The number of hydrogen-bond donors (Lipinski definition) is 1. The van der Waals surface area contributed by atoms with Crippen molar-refractivity contribution in [1.29, 1.82) is 0 Å². The lowest BCUT2D eigenvalue weighted by Gasteiger charge is -2.27. The third kappa shape index (κ3) is 1.72. The lowest BCUT2D eigenvalue weighted by molar-refractivity contribution is -0.122. The first-order valence-corrected chi connectivity index (χ1v) is 5.54. The van der Waals surface area contributed by atoms with E-state index in [4.69, 9.17) is 0 Å². The smallest absolute Gasteiger partial charge is 0.223 e. The molecule has 2 aliphatic rings. The first-order chi connectivity index (χ1) is 6.22. The quantitative estimate of drug-likeness (QED) is 0.610. The van der Waals surface area contributed by atoms with Gasteiger partial charge in [-0.3, -0.25) is 4.79 Å². The van der Waals surface area contributed by atoms with Crippen LogP contribution in [-0.4, -0.2) is 11.4 Å². The molecule has 1 aliphatic heterocycles. The van der Waals surface area contributed by atoms with E-state index in [1.54, 1.807) is 0 Å². The molecule has 0 aromatic rings. The van der Waals surface area contributed by atoms with Crippen LogP contribution in [0.15, 0.2) is 0 Å². The van der Waals surface area contributed by atoms with E-state index in [9.17, 15) is 4.79 Å². The summed E-state index contributed by atoms with van der Waals surface area (Å²) in [6.45, 7) is 2.05. The van der Waals surface area contributed by atoms with Gasteiger partial charge in [0.2, 0.25) is 5.91 Å². The number of nitrogens with one attached hydrogen (secondary N) is 1. The molecule has 2 heteroatoms. The van der Waals surface area contributed by atoms with Gasteiger partial charge >= 0.3 is 0 Å². The monoisotopic (exact) mass is 181 g/mol. The molecule has 0 radical (unpaired) electrons. The zero-order valence-corrected chi connectivity index (χ0v) is 8.44. The zero-order valence-electron chi connectivity index (χ0n) is 8.44. The minimum atomic E-state index is 0.201. The molecule has 74 valence electrons. The van der Waals surface area contributed by atoms with Crippen LogP contribution in [0.2, 0.25) is 0 Å². The molecule has 1 saturated carbocycles. The van der Waals surface area contributed by atoms with Crippen LogP contribution >= 0.6 is 0 Å². The minimum absolute atomic E-state index is 0.201. The van der Waals surface area contributed by atoms with Crippen molar-refractivity contribution in [1.82, 2.24) is 5.32 Å². The van der Waals surface area contributed by atoms with Gasteiger partial charge < -0.3 is 5.32 Å². The lowest BCUT2D eigenvalue weighted by Crippen LogP contribution is -2.40. The molecule has 1 N–H and O–H groups in total. The van der Waals surface area contributed by atoms with Crippen LogP contribution < -0.4 is 5.32 Å². The number of carbonyl (C=O) groups is 1. The standard InChI is InChI=1S/C11H19NO/c1-9-8-11(12-10(9)13)6-4-2-3-5-7-11/h9H,2-8H2,1H3,(H,12,13). The van der Waals surface area contributed by atoms with E-state index >= 15 is 0 Å².